The molecule has 0 aliphatic carbocycles. The summed E-state index contributed by atoms with van der Waals surface area (Å²) in [7, 11) is 1.48. The summed E-state index contributed by atoms with van der Waals surface area (Å²) < 4.78 is 2.13. The molecule has 84 valence electrons. The van der Waals surface area contributed by atoms with Gasteiger partial charge in [-0.2, -0.15) is 0 Å². The van der Waals surface area contributed by atoms with Gasteiger partial charge in [0.15, 0.2) is 0 Å². The van der Waals surface area contributed by atoms with E-state index in [1.165, 1.54) is 17.7 Å². The Labute approximate surface area is 90.2 Å². The third-order valence-corrected chi connectivity index (χ3v) is 2.53. The van der Waals surface area contributed by atoms with E-state index in [1.807, 2.05) is 0 Å². The van der Waals surface area contributed by atoms with Gasteiger partial charge in [-0.15, -0.1) is 0 Å². The highest BCUT2D eigenvalue weighted by Crippen LogP contribution is 2.19. The van der Waals surface area contributed by atoms with E-state index in [0.29, 0.717) is 0 Å². The number of aryl methyl sites for hydroxylation is 1. The number of fused-ring (bicyclic) bond motifs is 1. The van der Waals surface area contributed by atoms with Gasteiger partial charge in [-0.3, -0.25) is 9.36 Å². The molecule has 0 saturated carbocycles. The van der Waals surface area contributed by atoms with E-state index in [0.717, 1.165) is 4.57 Å². The number of benzene rings is 1. The second kappa shape index (κ2) is 3.49. The van der Waals surface area contributed by atoms with Crippen molar-refractivity contribution in [3.63, 3.8) is 0 Å². The van der Waals surface area contributed by atoms with Crippen LogP contribution in [-0.2, 0) is 13.7 Å². The summed E-state index contributed by atoms with van der Waals surface area (Å²) in [5.74, 6) is -0.0987. The summed E-state index contributed by atoms with van der Waals surface area (Å²) in [5, 5.41) is 9.90. The second-order valence-electron chi connectivity index (χ2n) is 3.43. The minimum absolute atomic E-state index is 0.0987. The average molecular weight is 221 g/mol. The number of nitrogens with zero attached hydrogens (tertiary/aromatic N) is 2. The van der Waals surface area contributed by atoms with Gasteiger partial charge < -0.3 is 10.8 Å². The third-order valence-electron chi connectivity index (χ3n) is 2.53. The van der Waals surface area contributed by atoms with Crippen LogP contribution in [0.1, 0.15) is 0 Å². The summed E-state index contributed by atoms with van der Waals surface area (Å²) in [6.07, 6.45) is 0. The van der Waals surface area contributed by atoms with E-state index in [4.69, 9.17) is 5.73 Å². The van der Waals surface area contributed by atoms with E-state index in [9.17, 15) is 14.7 Å². The fourth-order valence-corrected chi connectivity index (χ4v) is 1.73. The molecule has 6 nitrogen and oxygen atoms in total. The molecule has 16 heavy (non-hydrogen) atoms. The zero-order valence-electron chi connectivity index (χ0n) is 8.67. The zero-order valence-corrected chi connectivity index (χ0v) is 8.67. The van der Waals surface area contributed by atoms with Crippen LogP contribution in [0.15, 0.2) is 27.8 Å². The Kier molecular flexibility index (Phi) is 2.28. The van der Waals surface area contributed by atoms with Crippen LogP contribution in [0.3, 0.4) is 0 Å². The van der Waals surface area contributed by atoms with Gasteiger partial charge in [0, 0.05) is 7.05 Å². The Balaban J connectivity index is 3.15. The van der Waals surface area contributed by atoms with E-state index >= 15 is 0 Å². The number of phenolic OH excluding ortho intramolecular Hbond substituents is 1. The maximum Gasteiger partial charge on any atom is 0.332 e. The monoisotopic (exact) mass is 221 g/mol. The van der Waals surface area contributed by atoms with Crippen LogP contribution in [0.2, 0.25) is 0 Å². The number of nitrogens with two attached hydrogens (primary N) is 1. The summed E-state index contributed by atoms with van der Waals surface area (Å²) in [4.78, 5) is 23.6. The topological polar surface area (TPSA) is 90.3 Å². The van der Waals surface area contributed by atoms with Crippen molar-refractivity contribution in [3.05, 3.63) is 39.0 Å². The molecule has 0 radical (unpaired) electrons. The number of aromatic nitrogens is 2. The standard InChI is InChI=1S/C10H11N3O3/c1-12-8-6(3-2-4-7(8)14)9(15)13(5-11)10(12)16/h2-4,14H,5,11H2,1H3. The van der Waals surface area contributed by atoms with Crippen molar-refractivity contribution >= 4 is 10.9 Å². The molecule has 0 aliphatic rings. The summed E-state index contributed by atoms with van der Waals surface area (Å²) in [6, 6.07) is 4.52. The van der Waals surface area contributed by atoms with Crippen molar-refractivity contribution in [2.24, 2.45) is 12.8 Å². The SMILES string of the molecule is Cn1c(=O)n(CN)c(=O)c2cccc(O)c21. The summed E-state index contributed by atoms with van der Waals surface area (Å²) >= 11 is 0. The van der Waals surface area contributed by atoms with Crippen molar-refractivity contribution in [1.29, 1.82) is 0 Å². The van der Waals surface area contributed by atoms with Gasteiger partial charge in [0.05, 0.1) is 17.6 Å². The van der Waals surface area contributed by atoms with Crippen LogP contribution >= 0.6 is 0 Å². The molecule has 0 fully saturated rings. The molecule has 0 unspecified atom stereocenters. The van der Waals surface area contributed by atoms with Crippen molar-refractivity contribution in [1.82, 2.24) is 9.13 Å². The van der Waals surface area contributed by atoms with E-state index in [2.05, 4.69) is 0 Å². The average Bonchev–Trinajstić information content (AvgIpc) is 2.27. The Morgan fingerprint density at radius 1 is 1.38 bits per heavy atom. The van der Waals surface area contributed by atoms with Gasteiger partial charge in [-0.1, -0.05) is 6.07 Å². The lowest BCUT2D eigenvalue weighted by atomic mass is 10.2. The number of hydrogen-bond donors (Lipinski definition) is 2. The van der Waals surface area contributed by atoms with Gasteiger partial charge in [-0.25, -0.2) is 9.36 Å². The Hall–Kier alpha value is -2.08. The van der Waals surface area contributed by atoms with Crippen LogP contribution in [0.4, 0.5) is 0 Å². The molecule has 0 bridgehead atoms. The molecule has 0 spiro atoms. The maximum absolute atomic E-state index is 11.8. The van der Waals surface area contributed by atoms with E-state index < -0.39 is 11.2 Å². The fraction of sp³-hybridized carbons (Fsp3) is 0.200. The minimum Gasteiger partial charge on any atom is -0.506 e. The van der Waals surface area contributed by atoms with Crippen LogP contribution in [0.25, 0.3) is 10.9 Å². The minimum atomic E-state index is -0.540. The van der Waals surface area contributed by atoms with Crippen molar-refractivity contribution in [3.8, 4) is 5.75 Å². The highest BCUT2D eigenvalue weighted by atomic mass is 16.3. The van der Waals surface area contributed by atoms with Gasteiger partial charge in [-0.05, 0) is 12.1 Å². The molecular weight excluding hydrogens is 210 g/mol. The molecule has 2 aromatic rings. The lowest BCUT2D eigenvalue weighted by molar-refractivity contribution is 0.476. The van der Waals surface area contributed by atoms with Gasteiger partial charge in [0.1, 0.15) is 5.75 Å². The van der Waals surface area contributed by atoms with Crippen LogP contribution < -0.4 is 17.0 Å². The molecule has 6 heteroatoms. The highest BCUT2D eigenvalue weighted by molar-refractivity contribution is 5.83. The number of phenols is 1. The molecule has 1 aromatic heterocycles. The number of para-hydroxylation sites is 1. The molecule has 0 aliphatic heterocycles. The normalized spacial score (nSPS) is 10.9. The third kappa shape index (κ3) is 1.24. The second-order valence-corrected chi connectivity index (χ2v) is 3.43. The number of aromatic hydroxyl groups is 1. The first-order chi connectivity index (χ1) is 7.57. The summed E-state index contributed by atoms with van der Waals surface area (Å²) in [6.45, 7) is -0.183. The molecule has 0 atom stereocenters. The molecule has 1 heterocycles. The molecule has 2 rings (SSSR count). The smallest absolute Gasteiger partial charge is 0.332 e. The largest absolute Gasteiger partial charge is 0.506 e. The maximum atomic E-state index is 11.8. The lowest BCUT2D eigenvalue weighted by Crippen LogP contribution is -2.41. The first-order valence-corrected chi connectivity index (χ1v) is 4.69. The first kappa shape index (κ1) is 10.4. The van der Waals surface area contributed by atoms with Gasteiger partial charge in [0.2, 0.25) is 0 Å². The van der Waals surface area contributed by atoms with Crippen LogP contribution in [0, 0.1) is 0 Å². The lowest BCUT2D eigenvalue weighted by Gasteiger charge is -2.09. The molecule has 1 aromatic carbocycles. The first-order valence-electron chi connectivity index (χ1n) is 4.69. The number of hydrogen-bond acceptors (Lipinski definition) is 4. The van der Waals surface area contributed by atoms with Crippen LogP contribution in [0.5, 0.6) is 5.75 Å². The predicted molar refractivity (Wildman–Crippen MR) is 59.3 cm³/mol. The van der Waals surface area contributed by atoms with Gasteiger partial charge >= 0.3 is 5.69 Å². The van der Waals surface area contributed by atoms with Crippen molar-refractivity contribution in [2.45, 2.75) is 6.67 Å². The summed E-state index contributed by atoms with van der Waals surface area (Å²) in [5.41, 5.74) is 4.53. The zero-order chi connectivity index (χ0) is 11.9. The molecular formula is C10H11N3O3. The number of rotatable bonds is 1. The van der Waals surface area contributed by atoms with Crippen molar-refractivity contribution in [2.75, 3.05) is 0 Å². The highest BCUT2D eigenvalue weighted by Gasteiger charge is 2.11. The van der Waals surface area contributed by atoms with E-state index in [-0.39, 0.29) is 23.3 Å². The quantitative estimate of drug-likeness (QED) is 0.667. The Morgan fingerprint density at radius 2 is 2.06 bits per heavy atom. The predicted octanol–water partition coefficient (Wildman–Crippen LogP) is -0.678. The van der Waals surface area contributed by atoms with Crippen molar-refractivity contribution < 1.29 is 5.11 Å². The van der Waals surface area contributed by atoms with E-state index in [1.54, 1.807) is 12.1 Å². The Morgan fingerprint density at radius 3 is 2.69 bits per heavy atom. The molecule has 0 saturated heterocycles. The van der Waals surface area contributed by atoms with Gasteiger partial charge in [0.25, 0.3) is 5.56 Å². The van der Waals surface area contributed by atoms with Crippen LogP contribution in [-0.4, -0.2) is 14.2 Å². The fourth-order valence-electron chi connectivity index (χ4n) is 1.73. The molecule has 0 amide bonds. The molecule has 3 N–H and O–H groups in total. The Bertz CT molecular complexity index is 669.